The zero-order valence-corrected chi connectivity index (χ0v) is 11.8. The Bertz CT molecular complexity index is 404. The molecule has 1 aromatic carbocycles. The molecule has 1 rings (SSSR count). The average molecular weight is 265 g/mol. The van der Waals surface area contributed by atoms with Crippen molar-refractivity contribution in [1.82, 2.24) is 4.90 Å². The van der Waals surface area contributed by atoms with E-state index in [4.69, 9.17) is 15.7 Å². The number of oxime groups is 1. The van der Waals surface area contributed by atoms with E-state index in [2.05, 4.69) is 17.0 Å². The first kappa shape index (κ1) is 15.3. The zero-order valence-electron chi connectivity index (χ0n) is 11.8. The Morgan fingerprint density at radius 3 is 2.53 bits per heavy atom. The summed E-state index contributed by atoms with van der Waals surface area (Å²) in [6, 6.07) is 8.26. The lowest BCUT2D eigenvalue weighted by molar-refractivity contribution is 0.229. The van der Waals surface area contributed by atoms with E-state index in [1.165, 1.54) is 5.56 Å². The Morgan fingerprint density at radius 2 is 2.05 bits per heavy atom. The van der Waals surface area contributed by atoms with Crippen LogP contribution in [0.25, 0.3) is 0 Å². The van der Waals surface area contributed by atoms with Crippen LogP contribution in [0.1, 0.15) is 25.3 Å². The highest BCUT2D eigenvalue weighted by molar-refractivity contribution is 5.80. The van der Waals surface area contributed by atoms with Gasteiger partial charge in [0.1, 0.15) is 11.6 Å². The smallest absolute Gasteiger partial charge is 0.140 e. The van der Waals surface area contributed by atoms with Gasteiger partial charge in [0.15, 0.2) is 0 Å². The molecule has 0 radical (unpaired) electrons. The lowest BCUT2D eigenvalue weighted by Crippen LogP contribution is -2.34. The fraction of sp³-hybridized carbons (Fsp3) is 0.500. The monoisotopic (exact) mass is 265 g/mol. The normalized spacial score (nSPS) is 13.6. The molecule has 5 heteroatoms. The molecule has 0 aromatic heterocycles. The summed E-state index contributed by atoms with van der Waals surface area (Å²) in [5, 5.41) is 11.7. The molecule has 106 valence electrons. The molecule has 0 fully saturated rings. The Morgan fingerprint density at radius 1 is 1.42 bits per heavy atom. The lowest BCUT2D eigenvalue weighted by Gasteiger charge is -2.26. The number of benzene rings is 1. The first-order valence-corrected chi connectivity index (χ1v) is 6.40. The van der Waals surface area contributed by atoms with Gasteiger partial charge in [-0.3, -0.25) is 4.90 Å². The van der Waals surface area contributed by atoms with Gasteiger partial charge < -0.3 is 15.7 Å². The molecule has 0 aliphatic rings. The number of hydrogen-bond donors (Lipinski definition) is 2. The van der Waals surface area contributed by atoms with E-state index in [1.54, 1.807) is 7.11 Å². The summed E-state index contributed by atoms with van der Waals surface area (Å²) in [4.78, 5) is 2.21. The molecule has 0 bridgehead atoms. The molecule has 3 N–H and O–H groups in total. The molecule has 0 aliphatic carbocycles. The van der Waals surface area contributed by atoms with E-state index >= 15 is 0 Å². The number of rotatable bonds is 7. The van der Waals surface area contributed by atoms with E-state index < -0.39 is 0 Å². The predicted octanol–water partition coefficient (Wildman–Crippen LogP) is 2.04. The molecule has 1 unspecified atom stereocenters. The van der Waals surface area contributed by atoms with Gasteiger partial charge in [0.2, 0.25) is 0 Å². The Hall–Kier alpha value is -1.75. The number of hydrogen-bond acceptors (Lipinski definition) is 4. The van der Waals surface area contributed by atoms with Crippen LogP contribution in [0, 0.1) is 0 Å². The highest BCUT2D eigenvalue weighted by Crippen LogP contribution is 2.15. The first-order valence-electron chi connectivity index (χ1n) is 6.40. The lowest BCUT2D eigenvalue weighted by atomic mass is 10.1. The van der Waals surface area contributed by atoms with E-state index in [9.17, 15) is 0 Å². The number of amidine groups is 1. The second kappa shape index (κ2) is 7.63. The van der Waals surface area contributed by atoms with Crippen molar-refractivity contribution in [3.63, 3.8) is 0 Å². The van der Waals surface area contributed by atoms with Crippen molar-refractivity contribution in [3.8, 4) is 5.75 Å². The van der Waals surface area contributed by atoms with E-state index in [0.717, 1.165) is 18.7 Å². The van der Waals surface area contributed by atoms with Gasteiger partial charge in [-0.2, -0.15) is 0 Å². The summed E-state index contributed by atoms with van der Waals surface area (Å²) in [6.45, 7) is 2.92. The van der Waals surface area contributed by atoms with Gasteiger partial charge in [0.05, 0.1) is 7.11 Å². The maximum atomic E-state index is 8.64. The third kappa shape index (κ3) is 4.79. The van der Waals surface area contributed by atoms with Gasteiger partial charge in [-0.25, -0.2) is 0 Å². The van der Waals surface area contributed by atoms with Crippen LogP contribution in [0.2, 0.25) is 0 Å². The van der Waals surface area contributed by atoms with Crippen molar-refractivity contribution in [2.24, 2.45) is 10.9 Å². The number of methoxy groups -OCH3 is 1. The van der Waals surface area contributed by atoms with Crippen molar-refractivity contribution >= 4 is 5.84 Å². The highest BCUT2D eigenvalue weighted by Gasteiger charge is 2.14. The molecule has 0 aliphatic heterocycles. The molecule has 0 saturated carbocycles. The van der Waals surface area contributed by atoms with Gasteiger partial charge in [-0.15, -0.1) is 0 Å². The van der Waals surface area contributed by atoms with Crippen LogP contribution in [0.4, 0.5) is 0 Å². The maximum Gasteiger partial charge on any atom is 0.140 e. The molecular weight excluding hydrogens is 242 g/mol. The first-order chi connectivity index (χ1) is 9.10. The Balaban J connectivity index is 2.62. The maximum absolute atomic E-state index is 8.64. The molecule has 5 nitrogen and oxygen atoms in total. The van der Waals surface area contributed by atoms with Crippen LogP contribution >= 0.6 is 0 Å². The number of nitrogens with zero attached hydrogens (tertiary/aromatic N) is 2. The molecule has 0 saturated heterocycles. The van der Waals surface area contributed by atoms with Gasteiger partial charge in [0, 0.05) is 19.0 Å². The molecule has 1 aromatic rings. The molecule has 0 amide bonds. The Kier molecular flexibility index (Phi) is 6.15. The van der Waals surface area contributed by atoms with Crippen LogP contribution < -0.4 is 10.5 Å². The minimum atomic E-state index is 0.262. The average Bonchev–Trinajstić information content (AvgIpc) is 2.45. The van der Waals surface area contributed by atoms with Crippen LogP contribution in [-0.4, -0.2) is 36.1 Å². The van der Waals surface area contributed by atoms with E-state index in [-0.39, 0.29) is 11.9 Å². The van der Waals surface area contributed by atoms with E-state index in [0.29, 0.717) is 6.42 Å². The van der Waals surface area contributed by atoms with Crippen LogP contribution in [0.5, 0.6) is 5.75 Å². The largest absolute Gasteiger partial charge is 0.497 e. The summed E-state index contributed by atoms with van der Waals surface area (Å²) in [6.07, 6.45) is 1.52. The van der Waals surface area contributed by atoms with Crippen LogP contribution in [0.15, 0.2) is 29.4 Å². The zero-order chi connectivity index (χ0) is 14.3. The number of ether oxygens (including phenoxy) is 1. The van der Waals surface area contributed by atoms with Crippen molar-refractivity contribution in [1.29, 1.82) is 0 Å². The third-order valence-corrected chi connectivity index (χ3v) is 3.26. The fourth-order valence-corrected chi connectivity index (χ4v) is 2.04. The SMILES string of the molecule is CCC(C/C(N)=N/O)N(C)Cc1ccc(OC)cc1. The second-order valence-electron chi connectivity index (χ2n) is 4.62. The van der Waals surface area contributed by atoms with E-state index in [1.807, 2.05) is 31.3 Å². The molecular formula is C14H23N3O2. The van der Waals surface area contributed by atoms with Crippen LogP contribution in [0.3, 0.4) is 0 Å². The molecule has 0 heterocycles. The molecule has 1 atom stereocenters. The summed E-state index contributed by atoms with van der Waals surface area (Å²) < 4.78 is 5.14. The minimum Gasteiger partial charge on any atom is -0.497 e. The van der Waals surface area contributed by atoms with Crippen molar-refractivity contribution in [2.45, 2.75) is 32.4 Å². The van der Waals surface area contributed by atoms with Crippen molar-refractivity contribution < 1.29 is 9.94 Å². The van der Waals surface area contributed by atoms with Gasteiger partial charge in [0.25, 0.3) is 0 Å². The Labute approximate surface area is 114 Å². The predicted molar refractivity (Wildman–Crippen MR) is 76.6 cm³/mol. The fourth-order valence-electron chi connectivity index (χ4n) is 2.04. The third-order valence-electron chi connectivity index (χ3n) is 3.26. The quantitative estimate of drug-likeness (QED) is 0.342. The molecule has 19 heavy (non-hydrogen) atoms. The van der Waals surface area contributed by atoms with Gasteiger partial charge in [-0.1, -0.05) is 24.2 Å². The van der Waals surface area contributed by atoms with Crippen molar-refractivity contribution in [3.05, 3.63) is 29.8 Å². The second-order valence-corrected chi connectivity index (χ2v) is 4.62. The summed E-state index contributed by atoms with van der Waals surface area (Å²) in [5.74, 6) is 1.13. The summed E-state index contributed by atoms with van der Waals surface area (Å²) in [7, 11) is 3.70. The van der Waals surface area contributed by atoms with Gasteiger partial charge >= 0.3 is 0 Å². The highest BCUT2D eigenvalue weighted by atomic mass is 16.5. The van der Waals surface area contributed by atoms with Gasteiger partial charge in [-0.05, 0) is 31.2 Å². The topological polar surface area (TPSA) is 71.1 Å². The number of nitrogens with two attached hydrogens (primary N) is 1. The standard InChI is InChI=1S/C14H23N3O2/c1-4-12(9-14(15)16-18)17(2)10-11-5-7-13(19-3)8-6-11/h5-8,12,18H,4,9-10H2,1-3H3,(H2,15,16). The summed E-state index contributed by atoms with van der Waals surface area (Å²) in [5.41, 5.74) is 6.78. The summed E-state index contributed by atoms with van der Waals surface area (Å²) >= 11 is 0. The van der Waals surface area contributed by atoms with Crippen LogP contribution in [-0.2, 0) is 6.54 Å². The minimum absolute atomic E-state index is 0.262. The molecule has 0 spiro atoms. The van der Waals surface area contributed by atoms with Crippen molar-refractivity contribution in [2.75, 3.05) is 14.2 Å².